The van der Waals surface area contributed by atoms with Crippen LogP contribution < -0.4 is 5.73 Å². The molecule has 0 aliphatic carbocycles. The molecule has 18 heavy (non-hydrogen) atoms. The van der Waals surface area contributed by atoms with E-state index in [0.29, 0.717) is 16.4 Å². The van der Waals surface area contributed by atoms with Gasteiger partial charge in [-0.15, -0.1) is 0 Å². The Hall–Kier alpha value is -2.08. The van der Waals surface area contributed by atoms with Crippen molar-refractivity contribution < 1.29 is 9.90 Å². The Morgan fingerprint density at radius 2 is 2.17 bits per heavy atom. The fourth-order valence-corrected chi connectivity index (χ4v) is 1.77. The highest BCUT2D eigenvalue weighted by Gasteiger charge is 2.17. The van der Waals surface area contributed by atoms with Crippen molar-refractivity contribution in [3.05, 3.63) is 34.2 Å². The molecular weight excluding hydrogens is 256 g/mol. The molecule has 0 unspecified atom stereocenters. The minimum Gasteiger partial charge on any atom is -0.478 e. The molecule has 2 aromatic rings. The summed E-state index contributed by atoms with van der Waals surface area (Å²) in [5.74, 6) is -0.842. The Kier molecular flexibility index (Phi) is 2.96. The number of carbonyl (C=O) groups is 1. The largest absolute Gasteiger partial charge is 0.478 e. The summed E-state index contributed by atoms with van der Waals surface area (Å²) in [6.07, 6.45) is 1.37. The number of pyridine rings is 1. The molecule has 0 aliphatic heterocycles. The number of hydrogen-bond donors (Lipinski definition) is 2. The number of halogens is 1. The lowest BCUT2D eigenvalue weighted by molar-refractivity contribution is 0.0698. The van der Waals surface area contributed by atoms with Gasteiger partial charge in [0.15, 0.2) is 5.82 Å². The molecular formula is C11H11ClN4O2. The molecule has 7 heteroatoms. The summed E-state index contributed by atoms with van der Waals surface area (Å²) in [4.78, 5) is 15.1. The maximum Gasteiger partial charge on any atom is 0.337 e. The van der Waals surface area contributed by atoms with Crippen molar-refractivity contribution in [1.82, 2.24) is 14.8 Å². The second kappa shape index (κ2) is 4.30. The number of carboxylic acid groups (broad SMARTS) is 1. The zero-order valence-electron chi connectivity index (χ0n) is 9.81. The molecule has 0 atom stereocenters. The maximum atomic E-state index is 11.0. The number of nitrogen functional groups attached to an aromatic ring is 1. The summed E-state index contributed by atoms with van der Waals surface area (Å²) >= 11 is 6.03. The zero-order chi connectivity index (χ0) is 13.4. The third-order valence-corrected chi connectivity index (χ3v) is 3.15. The number of aromatic carboxylic acids is 1. The van der Waals surface area contributed by atoms with E-state index in [9.17, 15) is 4.79 Å². The van der Waals surface area contributed by atoms with Crippen LogP contribution in [0, 0.1) is 13.8 Å². The van der Waals surface area contributed by atoms with E-state index in [1.165, 1.54) is 16.9 Å². The molecule has 0 saturated carbocycles. The van der Waals surface area contributed by atoms with Gasteiger partial charge in [-0.1, -0.05) is 11.6 Å². The lowest BCUT2D eigenvalue weighted by atomic mass is 10.2. The first kappa shape index (κ1) is 12.4. The number of anilines is 1. The van der Waals surface area contributed by atoms with Gasteiger partial charge in [0.25, 0.3) is 0 Å². The predicted molar refractivity (Wildman–Crippen MR) is 67.2 cm³/mol. The summed E-state index contributed by atoms with van der Waals surface area (Å²) in [5.41, 5.74) is 7.15. The smallest absolute Gasteiger partial charge is 0.337 e. The topological polar surface area (TPSA) is 94.0 Å². The SMILES string of the molecule is Cc1nn(-c2nccc(C(=O)O)c2N)c(C)c1Cl. The molecule has 2 aromatic heterocycles. The highest BCUT2D eigenvalue weighted by molar-refractivity contribution is 6.31. The normalized spacial score (nSPS) is 10.6. The zero-order valence-corrected chi connectivity index (χ0v) is 10.6. The average molecular weight is 267 g/mol. The number of aromatic nitrogens is 3. The summed E-state index contributed by atoms with van der Waals surface area (Å²) < 4.78 is 1.44. The van der Waals surface area contributed by atoms with Crippen molar-refractivity contribution in [3.63, 3.8) is 0 Å². The quantitative estimate of drug-likeness (QED) is 0.865. The number of nitrogens with zero attached hydrogens (tertiary/aromatic N) is 3. The van der Waals surface area contributed by atoms with Gasteiger partial charge in [0.05, 0.1) is 27.7 Å². The second-order valence-electron chi connectivity index (χ2n) is 3.80. The van der Waals surface area contributed by atoms with Crippen molar-refractivity contribution in [2.24, 2.45) is 0 Å². The summed E-state index contributed by atoms with van der Waals surface area (Å²) in [5, 5.41) is 13.7. The standard InChI is InChI=1S/C11H11ClN4O2/c1-5-8(12)6(2)16(15-5)10-9(13)7(11(17)18)3-4-14-10/h3-4H,13H2,1-2H3,(H,17,18). The van der Waals surface area contributed by atoms with E-state index < -0.39 is 5.97 Å². The number of carboxylic acids is 1. The van der Waals surface area contributed by atoms with Gasteiger partial charge in [0.2, 0.25) is 0 Å². The van der Waals surface area contributed by atoms with E-state index in [2.05, 4.69) is 10.1 Å². The average Bonchev–Trinajstić information content (AvgIpc) is 2.57. The van der Waals surface area contributed by atoms with Gasteiger partial charge in [-0.3, -0.25) is 0 Å². The molecule has 0 aliphatic rings. The maximum absolute atomic E-state index is 11.0. The predicted octanol–water partition coefficient (Wildman–Crippen LogP) is 1.82. The second-order valence-corrected chi connectivity index (χ2v) is 4.18. The van der Waals surface area contributed by atoms with Crippen LogP contribution in [0.5, 0.6) is 0 Å². The van der Waals surface area contributed by atoms with Crippen molar-refractivity contribution in [2.45, 2.75) is 13.8 Å². The molecule has 0 aromatic carbocycles. The van der Waals surface area contributed by atoms with Gasteiger partial charge >= 0.3 is 5.97 Å². The molecule has 0 amide bonds. The lowest BCUT2D eigenvalue weighted by Crippen LogP contribution is -2.11. The van der Waals surface area contributed by atoms with Crippen LogP contribution in [0.1, 0.15) is 21.7 Å². The van der Waals surface area contributed by atoms with Crippen LogP contribution in [0.4, 0.5) is 5.69 Å². The van der Waals surface area contributed by atoms with Gasteiger partial charge < -0.3 is 10.8 Å². The van der Waals surface area contributed by atoms with Crippen LogP contribution in [0.15, 0.2) is 12.3 Å². The Morgan fingerprint density at radius 1 is 1.50 bits per heavy atom. The monoisotopic (exact) mass is 266 g/mol. The molecule has 2 rings (SSSR count). The molecule has 3 N–H and O–H groups in total. The summed E-state index contributed by atoms with van der Waals surface area (Å²) in [6.45, 7) is 3.51. The molecule has 0 fully saturated rings. The van der Waals surface area contributed by atoms with Gasteiger partial charge in [-0.2, -0.15) is 5.10 Å². The van der Waals surface area contributed by atoms with Gasteiger partial charge in [0, 0.05) is 6.20 Å². The van der Waals surface area contributed by atoms with E-state index in [1.807, 2.05) is 0 Å². The van der Waals surface area contributed by atoms with Crippen LogP contribution in [-0.2, 0) is 0 Å². The van der Waals surface area contributed by atoms with E-state index in [-0.39, 0.29) is 17.1 Å². The fraction of sp³-hybridized carbons (Fsp3) is 0.182. The van der Waals surface area contributed by atoms with Crippen LogP contribution in [0.2, 0.25) is 5.02 Å². The van der Waals surface area contributed by atoms with E-state index in [0.717, 1.165) is 0 Å². The number of nitrogens with two attached hydrogens (primary N) is 1. The molecule has 94 valence electrons. The van der Waals surface area contributed by atoms with Crippen molar-refractivity contribution in [1.29, 1.82) is 0 Å². The Morgan fingerprint density at radius 3 is 2.67 bits per heavy atom. The van der Waals surface area contributed by atoms with Gasteiger partial charge in [-0.25, -0.2) is 14.5 Å². The summed E-state index contributed by atoms with van der Waals surface area (Å²) in [7, 11) is 0. The van der Waals surface area contributed by atoms with Crippen LogP contribution in [0.25, 0.3) is 5.82 Å². The molecule has 2 heterocycles. The number of hydrogen-bond acceptors (Lipinski definition) is 4. The first-order valence-electron chi connectivity index (χ1n) is 5.13. The van der Waals surface area contributed by atoms with Gasteiger partial charge in [-0.05, 0) is 19.9 Å². The van der Waals surface area contributed by atoms with Crippen molar-refractivity contribution >= 4 is 23.3 Å². The van der Waals surface area contributed by atoms with Crippen molar-refractivity contribution in [3.8, 4) is 5.82 Å². The third-order valence-electron chi connectivity index (χ3n) is 2.60. The first-order valence-corrected chi connectivity index (χ1v) is 5.51. The molecule has 6 nitrogen and oxygen atoms in total. The Bertz CT molecular complexity index is 636. The third kappa shape index (κ3) is 1.80. The van der Waals surface area contributed by atoms with E-state index >= 15 is 0 Å². The van der Waals surface area contributed by atoms with Crippen LogP contribution in [0.3, 0.4) is 0 Å². The van der Waals surface area contributed by atoms with E-state index in [1.54, 1.807) is 13.8 Å². The minimum absolute atomic E-state index is 0.0105. The highest BCUT2D eigenvalue weighted by Crippen LogP contribution is 2.25. The summed E-state index contributed by atoms with van der Waals surface area (Å²) in [6, 6.07) is 1.34. The van der Waals surface area contributed by atoms with Crippen LogP contribution in [-0.4, -0.2) is 25.8 Å². The first-order chi connectivity index (χ1) is 8.43. The lowest BCUT2D eigenvalue weighted by Gasteiger charge is -2.08. The van der Waals surface area contributed by atoms with E-state index in [4.69, 9.17) is 22.4 Å². The molecule has 0 saturated heterocycles. The Balaban J connectivity index is 2.68. The molecule has 0 bridgehead atoms. The molecule has 0 radical (unpaired) electrons. The molecule has 0 spiro atoms. The highest BCUT2D eigenvalue weighted by atomic mass is 35.5. The van der Waals surface area contributed by atoms with Crippen molar-refractivity contribution in [2.75, 3.05) is 5.73 Å². The number of aryl methyl sites for hydroxylation is 1. The fourth-order valence-electron chi connectivity index (χ4n) is 1.65. The van der Waals surface area contributed by atoms with Crippen LogP contribution >= 0.6 is 11.6 Å². The Labute approximate surface area is 108 Å². The minimum atomic E-state index is -1.11. The van der Waals surface area contributed by atoms with Gasteiger partial charge in [0.1, 0.15) is 0 Å². The number of rotatable bonds is 2.